The predicted octanol–water partition coefficient (Wildman–Crippen LogP) is 2.38. The van der Waals surface area contributed by atoms with E-state index in [1.54, 1.807) is 0 Å². The Balaban J connectivity index is 2.46. The lowest BCUT2D eigenvalue weighted by atomic mass is 9.97. The fraction of sp³-hybridized carbons (Fsp3) is 0.727. The number of hydrogen-bond donors (Lipinski definition) is 1. The number of nitrogens with zero attached hydrogens (tertiary/aromatic N) is 2. The molecule has 0 atom stereocenters. The van der Waals surface area contributed by atoms with Gasteiger partial charge in [0, 0.05) is 24.3 Å². The van der Waals surface area contributed by atoms with Gasteiger partial charge in [-0.05, 0) is 39.5 Å². The van der Waals surface area contributed by atoms with E-state index in [0.29, 0.717) is 6.04 Å². The number of anilines is 1. The molecule has 0 fully saturated rings. The molecule has 0 unspecified atom stereocenters. The van der Waals surface area contributed by atoms with Gasteiger partial charge in [0.1, 0.15) is 0 Å². The van der Waals surface area contributed by atoms with Crippen LogP contribution in [-0.4, -0.2) is 16.8 Å². The number of rotatable bonds is 2. The van der Waals surface area contributed by atoms with Crippen LogP contribution < -0.4 is 5.32 Å². The maximum Gasteiger partial charge on any atom is 0.151 e. The lowest BCUT2D eigenvalue weighted by Crippen LogP contribution is -2.11. The van der Waals surface area contributed by atoms with Gasteiger partial charge in [0.05, 0.1) is 0 Å². The maximum atomic E-state index is 4.62. The number of aromatic nitrogens is 2. The molecule has 1 aliphatic carbocycles. The van der Waals surface area contributed by atoms with Crippen LogP contribution >= 0.6 is 0 Å². The first-order valence-corrected chi connectivity index (χ1v) is 5.52. The molecule has 1 aromatic rings. The third-order valence-electron chi connectivity index (χ3n) is 2.93. The molecule has 0 amide bonds. The molecule has 0 spiro atoms. The molecule has 78 valence electrons. The molecule has 0 radical (unpaired) electrons. The minimum absolute atomic E-state index is 0.476. The van der Waals surface area contributed by atoms with E-state index in [9.17, 15) is 0 Å². The van der Waals surface area contributed by atoms with Crippen molar-refractivity contribution in [2.24, 2.45) is 0 Å². The van der Waals surface area contributed by atoms with Crippen LogP contribution in [0.3, 0.4) is 0 Å². The third kappa shape index (κ3) is 1.41. The van der Waals surface area contributed by atoms with Crippen LogP contribution in [-0.2, 0) is 12.8 Å². The van der Waals surface area contributed by atoms with Crippen LogP contribution in [0.15, 0.2) is 0 Å². The number of hydrogen-bond acceptors (Lipinski definition) is 2. The summed E-state index contributed by atoms with van der Waals surface area (Å²) >= 11 is 0. The van der Waals surface area contributed by atoms with Crippen molar-refractivity contribution in [3.05, 3.63) is 11.3 Å². The van der Waals surface area contributed by atoms with E-state index in [4.69, 9.17) is 0 Å². The van der Waals surface area contributed by atoms with Gasteiger partial charge in [-0.2, -0.15) is 5.10 Å². The Morgan fingerprint density at radius 3 is 2.64 bits per heavy atom. The lowest BCUT2D eigenvalue weighted by Gasteiger charge is -2.15. The summed E-state index contributed by atoms with van der Waals surface area (Å²) in [6.07, 6.45) is 5.01. The summed E-state index contributed by atoms with van der Waals surface area (Å²) in [7, 11) is 1.96. The fourth-order valence-electron chi connectivity index (χ4n) is 2.25. The average Bonchev–Trinajstić information content (AvgIpc) is 2.56. The van der Waals surface area contributed by atoms with Crippen LogP contribution in [0, 0.1) is 0 Å². The summed E-state index contributed by atoms with van der Waals surface area (Å²) in [6.45, 7) is 4.39. The molecule has 0 saturated heterocycles. The summed E-state index contributed by atoms with van der Waals surface area (Å²) in [5.74, 6) is 1.09. The van der Waals surface area contributed by atoms with E-state index in [1.165, 1.54) is 36.9 Å². The van der Waals surface area contributed by atoms with Gasteiger partial charge in [-0.25, -0.2) is 0 Å². The Hall–Kier alpha value is -0.990. The minimum Gasteiger partial charge on any atom is -0.371 e. The van der Waals surface area contributed by atoms with E-state index in [0.717, 1.165) is 5.82 Å². The molecule has 14 heavy (non-hydrogen) atoms. The summed E-state index contributed by atoms with van der Waals surface area (Å²) in [6, 6.07) is 0.476. The van der Waals surface area contributed by atoms with Crippen LogP contribution in [0.25, 0.3) is 0 Å². The number of fused-ring (bicyclic) bond motifs is 1. The minimum atomic E-state index is 0.476. The summed E-state index contributed by atoms with van der Waals surface area (Å²) in [4.78, 5) is 0. The van der Waals surface area contributed by atoms with Crippen molar-refractivity contribution in [3.63, 3.8) is 0 Å². The molecule has 1 heterocycles. The molecule has 0 aliphatic heterocycles. The van der Waals surface area contributed by atoms with Crippen molar-refractivity contribution in [2.45, 2.75) is 45.6 Å². The molecule has 3 nitrogen and oxygen atoms in total. The van der Waals surface area contributed by atoms with Crippen molar-refractivity contribution in [1.29, 1.82) is 0 Å². The largest absolute Gasteiger partial charge is 0.371 e. The first-order valence-electron chi connectivity index (χ1n) is 5.52. The Morgan fingerprint density at radius 2 is 2.00 bits per heavy atom. The highest BCUT2D eigenvalue weighted by molar-refractivity contribution is 5.47. The van der Waals surface area contributed by atoms with E-state index in [1.807, 2.05) is 7.05 Å². The molecule has 0 aromatic carbocycles. The quantitative estimate of drug-likeness (QED) is 0.781. The predicted molar refractivity (Wildman–Crippen MR) is 58.8 cm³/mol. The highest BCUT2D eigenvalue weighted by atomic mass is 15.3. The van der Waals surface area contributed by atoms with Gasteiger partial charge in [-0.3, -0.25) is 4.68 Å². The molecule has 3 heteroatoms. The van der Waals surface area contributed by atoms with Crippen molar-refractivity contribution in [2.75, 3.05) is 12.4 Å². The van der Waals surface area contributed by atoms with E-state index < -0.39 is 0 Å². The topological polar surface area (TPSA) is 29.9 Å². The van der Waals surface area contributed by atoms with E-state index in [-0.39, 0.29) is 0 Å². The van der Waals surface area contributed by atoms with E-state index in [2.05, 4.69) is 28.9 Å². The smallest absolute Gasteiger partial charge is 0.151 e. The third-order valence-corrected chi connectivity index (χ3v) is 2.93. The molecular weight excluding hydrogens is 174 g/mol. The normalized spacial score (nSPS) is 15.7. The highest BCUT2D eigenvalue weighted by Crippen LogP contribution is 2.29. The standard InChI is InChI=1S/C11H19N3/c1-8(2)14-10-7-5-4-6-9(10)11(12-3)13-14/h8H,4-7H2,1-3H3,(H,12,13). The van der Waals surface area contributed by atoms with Crippen molar-refractivity contribution in [1.82, 2.24) is 9.78 Å². The van der Waals surface area contributed by atoms with Crippen LogP contribution in [0.1, 0.15) is 44.0 Å². The van der Waals surface area contributed by atoms with Crippen LogP contribution in [0.2, 0.25) is 0 Å². The molecule has 1 aliphatic rings. The lowest BCUT2D eigenvalue weighted by molar-refractivity contribution is 0.496. The molecule has 0 saturated carbocycles. The fourth-order valence-corrected chi connectivity index (χ4v) is 2.25. The second-order valence-electron chi connectivity index (χ2n) is 4.27. The Kier molecular flexibility index (Phi) is 2.48. The zero-order chi connectivity index (χ0) is 10.1. The van der Waals surface area contributed by atoms with Gasteiger partial charge in [-0.15, -0.1) is 0 Å². The zero-order valence-corrected chi connectivity index (χ0v) is 9.30. The molecular formula is C11H19N3. The maximum absolute atomic E-state index is 4.62. The van der Waals surface area contributed by atoms with Gasteiger partial charge in [0.25, 0.3) is 0 Å². The van der Waals surface area contributed by atoms with E-state index >= 15 is 0 Å². The van der Waals surface area contributed by atoms with Crippen LogP contribution in [0.4, 0.5) is 5.82 Å². The summed E-state index contributed by atoms with van der Waals surface area (Å²) in [5.41, 5.74) is 2.91. The monoisotopic (exact) mass is 193 g/mol. The SMILES string of the molecule is CNc1nn(C(C)C)c2c1CCCC2. The summed E-state index contributed by atoms with van der Waals surface area (Å²) in [5, 5.41) is 7.81. The summed E-state index contributed by atoms with van der Waals surface area (Å²) < 4.78 is 2.18. The van der Waals surface area contributed by atoms with Crippen LogP contribution in [0.5, 0.6) is 0 Å². The Morgan fingerprint density at radius 1 is 1.29 bits per heavy atom. The Labute approximate surface area is 85.5 Å². The molecule has 1 aromatic heterocycles. The Bertz CT molecular complexity index is 326. The van der Waals surface area contributed by atoms with Gasteiger partial charge in [0.2, 0.25) is 0 Å². The van der Waals surface area contributed by atoms with Gasteiger partial charge in [-0.1, -0.05) is 0 Å². The van der Waals surface area contributed by atoms with Gasteiger partial charge in [0.15, 0.2) is 5.82 Å². The average molecular weight is 193 g/mol. The first kappa shape index (κ1) is 9.56. The van der Waals surface area contributed by atoms with Crippen molar-refractivity contribution in [3.8, 4) is 0 Å². The second-order valence-corrected chi connectivity index (χ2v) is 4.27. The zero-order valence-electron chi connectivity index (χ0n) is 9.30. The van der Waals surface area contributed by atoms with Gasteiger partial charge >= 0.3 is 0 Å². The number of nitrogens with one attached hydrogen (secondary N) is 1. The van der Waals surface area contributed by atoms with Crippen molar-refractivity contribution >= 4 is 5.82 Å². The molecule has 1 N–H and O–H groups in total. The van der Waals surface area contributed by atoms with Gasteiger partial charge < -0.3 is 5.32 Å². The highest BCUT2D eigenvalue weighted by Gasteiger charge is 2.20. The molecule has 0 bridgehead atoms. The first-order chi connectivity index (χ1) is 6.74. The molecule has 2 rings (SSSR count). The second kappa shape index (κ2) is 3.64. The van der Waals surface area contributed by atoms with Crippen molar-refractivity contribution < 1.29 is 0 Å².